The summed E-state index contributed by atoms with van der Waals surface area (Å²) >= 11 is 1.25. The van der Waals surface area contributed by atoms with E-state index in [2.05, 4.69) is 10.1 Å². The van der Waals surface area contributed by atoms with E-state index in [1.807, 2.05) is 20.8 Å². The van der Waals surface area contributed by atoms with Crippen LogP contribution >= 0.6 is 11.3 Å². The summed E-state index contributed by atoms with van der Waals surface area (Å²) in [6.07, 6.45) is 5.01. The third kappa shape index (κ3) is 6.29. The van der Waals surface area contributed by atoms with Gasteiger partial charge in [0, 0.05) is 24.9 Å². The summed E-state index contributed by atoms with van der Waals surface area (Å²) in [6, 6.07) is 3.77. The number of sulfone groups is 1. The molecule has 190 valence electrons. The summed E-state index contributed by atoms with van der Waals surface area (Å²) in [4.78, 5) is 18.8. The largest absolute Gasteiger partial charge is 0.469 e. The van der Waals surface area contributed by atoms with Crippen molar-refractivity contribution in [1.82, 2.24) is 19.5 Å². The molecule has 0 aliphatic carbocycles. The van der Waals surface area contributed by atoms with E-state index >= 15 is 0 Å². The number of halogens is 1. The molecule has 12 heteroatoms. The number of likely N-dealkylation sites (tertiary alicyclic amines) is 1. The zero-order chi connectivity index (χ0) is 25.4. The standard InChI is InChI=1S/C23H29FN4O5S2/c1-23(2,3)33-22(29)27-10-7-15(8-11-27)9-12-32-21-26-28-14-19(25-20(28)34-21)17-6-5-16(13-18(17)24)35(4,30)31/h5-6,13-15H,7-12H2,1-4H3. The normalized spacial score (nSPS) is 15.5. The molecule has 0 radical (unpaired) electrons. The lowest BCUT2D eigenvalue weighted by Gasteiger charge is -2.33. The Morgan fingerprint density at radius 3 is 2.57 bits per heavy atom. The number of nitrogens with zero attached hydrogens (tertiary/aromatic N) is 4. The predicted molar refractivity (Wildman–Crippen MR) is 130 cm³/mol. The van der Waals surface area contributed by atoms with Crippen LogP contribution in [0, 0.1) is 11.7 Å². The van der Waals surface area contributed by atoms with Gasteiger partial charge in [-0.3, -0.25) is 0 Å². The number of carbonyl (C=O) groups excluding carboxylic acids is 1. The Morgan fingerprint density at radius 2 is 1.97 bits per heavy atom. The van der Waals surface area contributed by atoms with Crippen molar-refractivity contribution in [2.24, 2.45) is 5.92 Å². The summed E-state index contributed by atoms with van der Waals surface area (Å²) in [5, 5.41) is 4.83. The molecule has 0 spiro atoms. The molecule has 1 aromatic carbocycles. The number of hydrogen-bond acceptors (Lipinski definition) is 8. The number of ether oxygens (including phenoxy) is 2. The van der Waals surface area contributed by atoms with E-state index in [9.17, 15) is 17.6 Å². The van der Waals surface area contributed by atoms with E-state index in [1.165, 1.54) is 28.0 Å². The van der Waals surface area contributed by atoms with Gasteiger partial charge in [-0.25, -0.2) is 27.1 Å². The second-order valence-electron chi connectivity index (χ2n) is 9.68. The van der Waals surface area contributed by atoms with Crippen molar-refractivity contribution in [3.63, 3.8) is 0 Å². The molecular weight excluding hydrogens is 495 g/mol. The highest BCUT2D eigenvalue weighted by molar-refractivity contribution is 7.90. The Balaban J connectivity index is 1.29. The minimum Gasteiger partial charge on any atom is -0.469 e. The van der Waals surface area contributed by atoms with E-state index in [1.54, 1.807) is 11.1 Å². The molecule has 2 aromatic heterocycles. The fraction of sp³-hybridized carbons (Fsp3) is 0.522. The smallest absolute Gasteiger partial charge is 0.410 e. The number of imidazole rings is 1. The Morgan fingerprint density at radius 1 is 1.26 bits per heavy atom. The number of rotatable bonds is 6. The van der Waals surface area contributed by atoms with Gasteiger partial charge in [-0.05, 0) is 75.5 Å². The van der Waals surface area contributed by atoms with Crippen LogP contribution in [-0.2, 0) is 14.6 Å². The minimum absolute atomic E-state index is 0.0795. The van der Waals surface area contributed by atoms with Crippen LogP contribution in [0.5, 0.6) is 5.19 Å². The third-order valence-corrected chi connectivity index (χ3v) is 7.63. The zero-order valence-corrected chi connectivity index (χ0v) is 21.8. The quantitative estimate of drug-likeness (QED) is 0.470. The number of aromatic nitrogens is 3. The van der Waals surface area contributed by atoms with Crippen LogP contribution in [0.1, 0.15) is 40.0 Å². The average molecular weight is 525 g/mol. The molecule has 1 fully saturated rings. The molecular formula is C23H29FN4O5S2. The predicted octanol–water partition coefficient (Wildman–Crippen LogP) is 4.42. The highest BCUT2D eigenvalue weighted by atomic mass is 32.2. The molecule has 4 rings (SSSR count). The molecule has 0 bridgehead atoms. The third-order valence-electron chi connectivity index (χ3n) is 5.69. The maximum absolute atomic E-state index is 14.5. The lowest BCUT2D eigenvalue weighted by molar-refractivity contribution is 0.0177. The molecule has 0 N–H and O–H groups in total. The maximum Gasteiger partial charge on any atom is 0.410 e. The van der Waals surface area contributed by atoms with E-state index in [-0.39, 0.29) is 16.6 Å². The SMILES string of the molecule is CC(C)(C)OC(=O)N1CCC(CCOc2nn3cc(-c4ccc(S(C)(=O)=O)cc4F)nc3s2)CC1. The second kappa shape index (κ2) is 9.73. The summed E-state index contributed by atoms with van der Waals surface area (Å²) in [5.41, 5.74) is 0.0763. The van der Waals surface area contributed by atoms with Crippen molar-refractivity contribution in [3.8, 4) is 16.5 Å². The van der Waals surface area contributed by atoms with Crippen LogP contribution in [0.15, 0.2) is 29.3 Å². The summed E-state index contributed by atoms with van der Waals surface area (Å²) in [7, 11) is -3.49. The van der Waals surface area contributed by atoms with Crippen LogP contribution < -0.4 is 4.74 Å². The molecule has 9 nitrogen and oxygen atoms in total. The summed E-state index contributed by atoms with van der Waals surface area (Å²) in [5.74, 6) is -0.199. The van der Waals surface area contributed by atoms with Crippen LogP contribution in [0.3, 0.4) is 0 Å². The van der Waals surface area contributed by atoms with E-state index in [0.717, 1.165) is 31.6 Å². The van der Waals surface area contributed by atoms with Gasteiger partial charge in [-0.2, -0.15) is 0 Å². The molecule has 0 unspecified atom stereocenters. The van der Waals surface area contributed by atoms with E-state index < -0.39 is 21.3 Å². The number of amides is 1. The van der Waals surface area contributed by atoms with Crippen molar-refractivity contribution in [2.75, 3.05) is 26.0 Å². The van der Waals surface area contributed by atoms with E-state index in [4.69, 9.17) is 9.47 Å². The van der Waals surface area contributed by atoms with Gasteiger partial charge in [0.25, 0.3) is 5.19 Å². The molecule has 1 aliphatic heterocycles. The van der Waals surface area contributed by atoms with Crippen molar-refractivity contribution < 1.29 is 27.1 Å². The number of carbonyl (C=O) groups is 1. The highest BCUT2D eigenvalue weighted by Crippen LogP contribution is 2.29. The first-order valence-electron chi connectivity index (χ1n) is 11.4. The highest BCUT2D eigenvalue weighted by Gasteiger charge is 2.27. The first-order valence-corrected chi connectivity index (χ1v) is 14.1. The van der Waals surface area contributed by atoms with Gasteiger partial charge < -0.3 is 14.4 Å². The monoisotopic (exact) mass is 524 g/mol. The van der Waals surface area contributed by atoms with Gasteiger partial charge in [0.2, 0.25) is 4.96 Å². The molecule has 0 atom stereocenters. The number of fused-ring (bicyclic) bond motifs is 1. The fourth-order valence-electron chi connectivity index (χ4n) is 3.85. The van der Waals surface area contributed by atoms with Crippen molar-refractivity contribution in [2.45, 2.75) is 50.5 Å². The van der Waals surface area contributed by atoms with Gasteiger partial charge in [0.05, 0.1) is 23.4 Å². The number of piperidine rings is 1. The molecule has 3 heterocycles. The Hall–Kier alpha value is -2.73. The molecule has 3 aromatic rings. The fourth-order valence-corrected chi connectivity index (χ4v) is 5.24. The van der Waals surface area contributed by atoms with Crippen LogP contribution in [0.25, 0.3) is 16.2 Å². The lowest BCUT2D eigenvalue weighted by Crippen LogP contribution is -2.41. The van der Waals surface area contributed by atoms with Gasteiger partial charge in [-0.15, -0.1) is 5.10 Å². The maximum atomic E-state index is 14.5. The second-order valence-corrected chi connectivity index (χ2v) is 12.6. The van der Waals surface area contributed by atoms with Crippen molar-refractivity contribution >= 4 is 32.2 Å². The number of benzene rings is 1. The minimum atomic E-state index is -3.49. The summed E-state index contributed by atoms with van der Waals surface area (Å²) < 4.78 is 50.5. The number of hydrogen-bond donors (Lipinski definition) is 0. The van der Waals surface area contributed by atoms with Crippen LogP contribution in [-0.4, -0.2) is 65.6 Å². The first kappa shape index (κ1) is 25.4. The van der Waals surface area contributed by atoms with Crippen molar-refractivity contribution in [1.29, 1.82) is 0 Å². The topological polar surface area (TPSA) is 103 Å². The lowest BCUT2D eigenvalue weighted by atomic mass is 9.94. The van der Waals surface area contributed by atoms with Gasteiger partial charge in [0.1, 0.15) is 11.4 Å². The van der Waals surface area contributed by atoms with Gasteiger partial charge >= 0.3 is 6.09 Å². The zero-order valence-electron chi connectivity index (χ0n) is 20.2. The van der Waals surface area contributed by atoms with E-state index in [0.29, 0.717) is 41.5 Å². The molecule has 1 amide bonds. The molecule has 0 saturated carbocycles. The van der Waals surface area contributed by atoms with Gasteiger partial charge in [0.15, 0.2) is 9.84 Å². The van der Waals surface area contributed by atoms with Crippen molar-refractivity contribution in [3.05, 3.63) is 30.2 Å². The molecule has 1 aliphatic rings. The van der Waals surface area contributed by atoms with Crippen LogP contribution in [0.4, 0.5) is 9.18 Å². The van der Waals surface area contributed by atoms with Crippen LogP contribution in [0.2, 0.25) is 0 Å². The average Bonchev–Trinajstić information content (AvgIpc) is 3.31. The Kier molecular flexibility index (Phi) is 7.05. The first-order chi connectivity index (χ1) is 16.4. The Labute approximate surface area is 207 Å². The molecule has 35 heavy (non-hydrogen) atoms. The van der Waals surface area contributed by atoms with Gasteiger partial charge in [-0.1, -0.05) is 0 Å². The summed E-state index contributed by atoms with van der Waals surface area (Å²) in [6.45, 7) is 7.44. The Bertz CT molecular complexity index is 1290. The molecule has 1 saturated heterocycles.